The Morgan fingerprint density at radius 1 is 1.43 bits per heavy atom. The number of amides is 2. The van der Waals surface area contributed by atoms with Crippen LogP contribution in [0, 0.1) is 11.2 Å². The molecule has 0 spiro atoms. The van der Waals surface area contributed by atoms with Crippen LogP contribution in [0.4, 0.5) is 10.1 Å². The number of anilines is 1. The topological polar surface area (TPSA) is 49.4 Å². The first kappa shape index (κ1) is 15.5. The lowest BCUT2D eigenvalue weighted by molar-refractivity contribution is -0.123. The normalized spacial score (nSPS) is 19.0. The molecule has 0 radical (unpaired) electrons. The number of halogens is 1. The van der Waals surface area contributed by atoms with Crippen LogP contribution in [0.2, 0.25) is 0 Å². The molecule has 21 heavy (non-hydrogen) atoms. The van der Waals surface area contributed by atoms with Crippen LogP contribution in [0.15, 0.2) is 24.3 Å². The summed E-state index contributed by atoms with van der Waals surface area (Å²) in [7, 11) is 0. The van der Waals surface area contributed by atoms with Gasteiger partial charge in [-0.25, -0.2) is 4.39 Å². The summed E-state index contributed by atoms with van der Waals surface area (Å²) in [6, 6.07) is 5.73. The van der Waals surface area contributed by atoms with E-state index in [1.807, 2.05) is 20.8 Å². The average Bonchev–Trinajstić information content (AvgIpc) is 2.67. The van der Waals surface area contributed by atoms with E-state index in [2.05, 4.69) is 5.32 Å². The molecule has 0 aliphatic carbocycles. The van der Waals surface area contributed by atoms with Crippen molar-refractivity contribution in [2.45, 2.75) is 39.7 Å². The van der Waals surface area contributed by atoms with Gasteiger partial charge in [0.15, 0.2) is 0 Å². The first-order valence-corrected chi connectivity index (χ1v) is 7.10. The summed E-state index contributed by atoms with van der Waals surface area (Å²) in [5, 5.41) is 2.88. The van der Waals surface area contributed by atoms with Gasteiger partial charge in [0.2, 0.25) is 11.8 Å². The number of rotatable bonds is 3. The number of nitrogens with zero attached hydrogens (tertiary/aromatic N) is 1. The van der Waals surface area contributed by atoms with Gasteiger partial charge >= 0.3 is 0 Å². The lowest BCUT2D eigenvalue weighted by Crippen LogP contribution is -2.38. The van der Waals surface area contributed by atoms with Gasteiger partial charge < -0.3 is 10.2 Å². The number of carbonyl (C=O) groups excluding carboxylic acids is 2. The molecule has 1 saturated heterocycles. The Morgan fingerprint density at radius 2 is 2.14 bits per heavy atom. The summed E-state index contributed by atoms with van der Waals surface area (Å²) in [4.78, 5) is 25.5. The molecule has 1 aliphatic heterocycles. The third kappa shape index (κ3) is 4.28. The molecular weight excluding hydrogens is 271 g/mol. The van der Waals surface area contributed by atoms with Gasteiger partial charge in [0.25, 0.3) is 0 Å². The number of benzene rings is 1. The van der Waals surface area contributed by atoms with Gasteiger partial charge in [-0.3, -0.25) is 9.59 Å². The quantitative estimate of drug-likeness (QED) is 0.930. The van der Waals surface area contributed by atoms with Crippen molar-refractivity contribution in [1.82, 2.24) is 5.32 Å². The van der Waals surface area contributed by atoms with Gasteiger partial charge in [-0.1, -0.05) is 26.8 Å². The molecule has 1 atom stereocenters. The minimum atomic E-state index is -0.375. The Balaban J connectivity index is 1.98. The fourth-order valence-corrected chi connectivity index (χ4v) is 2.46. The molecule has 1 N–H and O–H groups in total. The van der Waals surface area contributed by atoms with Gasteiger partial charge in [-0.2, -0.15) is 0 Å². The van der Waals surface area contributed by atoms with Crippen molar-refractivity contribution >= 4 is 17.5 Å². The molecule has 2 amide bonds. The first-order chi connectivity index (χ1) is 9.74. The van der Waals surface area contributed by atoms with E-state index >= 15 is 0 Å². The molecule has 1 aliphatic rings. The summed E-state index contributed by atoms with van der Waals surface area (Å²) in [5.41, 5.74) is 0.446. The molecule has 1 fully saturated rings. The zero-order valence-electron chi connectivity index (χ0n) is 12.6. The largest absolute Gasteiger partial charge is 0.351 e. The molecule has 4 nitrogen and oxygen atoms in total. The number of hydrogen-bond acceptors (Lipinski definition) is 2. The molecule has 0 unspecified atom stereocenters. The molecule has 0 aromatic heterocycles. The lowest BCUT2D eigenvalue weighted by Gasteiger charge is -2.20. The minimum absolute atomic E-state index is 0.0543. The van der Waals surface area contributed by atoms with Gasteiger partial charge in [0, 0.05) is 25.1 Å². The van der Waals surface area contributed by atoms with E-state index in [4.69, 9.17) is 0 Å². The Bertz CT molecular complexity index is 551. The number of hydrogen-bond donors (Lipinski definition) is 1. The molecule has 1 aromatic rings. The second-order valence-corrected chi connectivity index (χ2v) is 6.69. The van der Waals surface area contributed by atoms with Crippen molar-refractivity contribution in [3.8, 4) is 0 Å². The van der Waals surface area contributed by atoms with Crippen molar-refractivity contribution in [3.05, 3.63) is 30.1 Å². The smallest absolute Gasteiger partial charge is 0.229 e. The number of nitrogens with one attached hydrogen (secondary N) is 1. The molecule has 0 bridgehead atoms. The second kappa shape index (κ2) is 5.84. The van der Waals surface area contributed by atoms with E-state index in [0.717, 1.165) is 0 Å². The first-order valence-electron chi connectivity index (χ1n) is 7.10. The number of carbonyl (C=O) groups is 2. The van der Waals surface area contributed by atoms with Gasteiger partial charge in [0.1, 0.15) is 5.82 Å². The van der Waals surface area contributed by atoms with Crippen LogP contribution in [-0.2, 0) is 9.59 Å². The standard InChI is InChI=1S/C16H21FN2O2/c1-16(2,3)9-14(20)18-12-8-15(21)19(10-12)13-6-4-5-11(17)7-13/h4-7,12H,8-10H2,1-3H3,(H,18,20)/t12-/m1/s1. The highest BCUT2D eigenvalue weighted by Gasteiger charge is 2.32. The summed E-state index contributed by atoms with van der Waals surface area (Å²) < 4.78 is 13.2. The fraction of sp³-hybridized carbons (Fsp3) is 0.500. The molecule has 0 saturated carbocycles. The van der Waals surface area contributed by atoms with Crippen molar-refractivity contribution < 1.29 is 14.0 Å². The van der Waals surface area contributed by atoms with E-state index in [0.29, 0.717) is 18.7 Å². The van der Waals surface area contributed by atoms with Crippen LogP contribution in [0.25, 0.3) is 0 Å². The average molecular weight is 292 g/mol. The van der Waals surface area contributed by atoms with E-state index in [9.17, 15) is 14.0 Å². The highest BCUT2D eigenvalue weighted by atomic mass is 19.1. The van der Waals surface area contributed by atoms with Gasteiger partial charge in [-0.15, -0.1) is 0 Å². The van der Waals surface area contributed by atoms with Crippen molar-refractivity contribution in [2.75, 3.05) is 11.4 Å². The van der Waals surface area contributed by atoms with Gasteiger partial charge in [-0.05, 0) is 23.6 Å². The molecule has 114 valence electrons. The van der Waals surface area contributed by atoms with E-state index < -0.39 is 0 Å². The van der Waals surface area contributed by atoms with Crippen LogP contribution < -0.4 is 10.2 Å². The van der Waals surface area contributed by atoms with Gasteiger partial charge in [0.05, 0.1) is 6.04 Å². The van der Waals surface area contributed by atoms with E-state index in [1.165, 1.54) is 17.0 Å². The van der Waals surface area contributed by atoms with Crippen LogP contribution >= 0.6 is 0 Å². The Hall–Kier alpha value is -1.91. The fourth-order valence-electron chi connectivity index (χ4n) is 2.46. The zero-order chi connectivity index (χ0) is 15.6. The monoisotopic (exact) mass is 292 g/mol. The Kier molecular flexibility index (Phi) is 4.30. The van der Waals surface area contributed by atoms with Crippen molar-refractivity contribution in [1.29, 1.82) is 0 Å². The highest BCUT2D eigenvalue weighted by molar-refractivity contribution is 5.96. The second-order valence-electron chi connectivity index (χ2n) is 6.69. The lowest BCUT2D eigenvalue weighted by atomic mass is 9.92. The van der Waals surface area contributed by atoms with E-state index in [-0.39, 0.29) is 35.5 Å². The van der Waals surface area contributed by atoms with E-state index in [1.54, 1.807) is 12.1 Å². The summed E-state index contributed by atoms with van der Waals surface area (Å²) in [5.74, 6) is -0.524. The maximum atomic E-state index is 13.2. The predicted octanol–water partition coefficient (Wildman–Crippen LogP) is 2.48. The maximum absolute atomic E-state index is 13.2. The predicted molar refractivity (Wildman–Crippen MR) is 79.4 cm³/mol. The molecule has 5 heteroatoms. The van der Waals surface area contributed by atoms with Crippen LogP contribution in [0.3, 0.4) is 0 Å². The Labute approximate surface area is 124 Å². The minimum Gasteiger partial charge on any atom is -0.351 e. The SMILES string of the molecule is CC(C)(C)CC(=O)N[C@@H]1CC(=O)N(c2cccc(F)c2)C1. The van der Waals surface area contributed by atoms with Crippen LogP contribution in [0.1, 0.15) is 33.6 Å². The molecule has 1 heterocycles. The zero-order valence-corrected chi connectivity index (χ0v) is 12.6. The maximum Gasteiger partial charge on any atom is 0.229 e. The van der Waals surface area contributed by atoms with Crippen LogP contribution in [0.5, 0.6) is 0 Å². The third-order valence-electron chi connectivity index (χ3n) is 3.30. The van der Waals surface area contributed by atoms with Crippen LogP contribution in [-0.4, -0.2) is 24.4 Å². The third-order valence-corrected chi connectivity index (χ3v) is 3.30. The molecule has 2 rings (SSSR count). The summed E-state index contributed by atoms with van der Waals surface area (Å²) >= 11 is 0. The highest BCUT2D eigenvalue weighted by Crippen LogP contribution is 2.23. The summed E-state index contributed by atoms with van der Waals surface area (Å²) in [6.07, 6.45) is 0.671. The van der Waals surface area contributed by atoms with Crippen molar-refractivity contribution in [2.24, 2.45) is 5.41 Å². The Morgan fingerprint density at radius 3 is 2.76 bits per heavy atom. The van der Waals surface area contributed by atoms with Crippen molar-refractivity contribution in [3.63, 3.8) is 0 Å². The molecule has 1 aromatic carbocycles. The molecular formula is C16H21FN2O2. The summed E-state index contributed by atoms with van der Waals surface area (Å²) in [6.45, 7) is 6.36.